The first-order valence-electron chi connectivity index (χ1n) is 5.64. The lowest BCUT2D eigenvalue weighted by Crippen LogP contribution is -1.95. The highest BCUT2D eigenvalue weighted by Crippen LogP contribution is 2.33. The van der Waals surface area contributed by atoms with Crippen LogP contribution in [0, 0.1) is 0 Å². The third-order valence-electron chi connectivity index (χ3n) is 2.80. The van der Waals surface area contributed by atoms with Crippen molar-refractivity contribution in [2.24, 2.45) is 0 Å². The van der Waals surface area contributed by atoms with Crippen molar-refractivity contribution in [2.75, 3.05) is 0 Å². The van der Waals surface area contributed by atoms with Crippen molar-refractivity contribution >= 4 is 44.6 Å². The van der Waals surface area contributed by atoms with Crippen molar-refractivity contribution in [3.63, 3.8) is 0 Å². The van der Waals surface area contributed by atoms with Crippen molar-refractivity contribution in [3.8, 4) is 11.5 Å². The number of hydrogen-bond acceptors (Lipinski definition) is 3. The van der Waals surface area contributed by atoms with Gasteiger partial charge in [-0.3, -0.25) is 0 Å². The molecule has 4 nitrogen and oxygen atoms in total. The normalized spacial score (nSPS) is 10.9. The van der Waals surface area contributed by atoms with Gasteiger partial charge in [-0.1, -0.05) is 33.6 Å². The minimum Gasteiger partial charge on any atom is -0.478 e. The van der Waals surface area contributed by atoms with E-state index in [-0.39, 0.29) is 11.1 Å². The van der Waals surface area contributed by atoms with Crippen molar-refractivity contribution < 1.29 is 14.3 Å². The van der Waals surface area contributed by atoms with E-state index < -0.39 is 5.97 Å². The average molecular weight is 353 g/mol. The van der Waals surface area contributed by atoms with E-state index >= 15 is 0 Å². The van der Waals surface area contributed by atoms with Crippen LogP contribution in [0.5, 0.6) is 0 Å². The zero-order valence-electron chi connectivity index (χ0n) is 9.93. The van der Waals surface area contributed by atoms with Gasteiger partial charge in [-0.15, -0.1) is 0 Å². The monoisotopic (exact) mass is 351 g/mol. The Hall–Kier alpha value is -1.85. The Morgan fingerprint density at radius 2 is 2.10 bits per heavy atom. The summed E-state index contributed by atoms with van der Waals surface area (Å²) in [6.07, 6.45) is 0. The number of nitrogens with zero attached hydrogens (tertiary/aromatic N) is 1. The van der Waals surface area contributed by atoms with Crippen LogP contribution in [0.4, 0.5) is 0 Å². The topological polar surface area (TPSA) is 63.3 Å². The summed E-state index contributed by atoms with van der Waals surface area (Å²) in [6.45, 7) is 0. The zero-order chi connectivity index (χ0) is 14.3. The van der Waals surface area contributed by atoms with Crippen molar-refractivity contribution in [3.05, 3.63) is 51.5 Å². The van der Waals surface area contributed by atoms with Gasteiger partial charge >= 0.3 is 5.97 Å². The molecule has 1 N–H and O–H groups in total. The maximum Gasteiger partial charge on any atom is 0.339 e. The lowest BCUT2D eigenvalue weighted by atomic mass is 10.2. The molecule has 0 bridgehead atoms. The van der Waals surface area contributed by atoms with Gasteiger partial charge in [0.05, 0.1) is 10.6 Å². The van der Waals surface area contributed by atoms with E-state index in [1.54, 1.807) is 30.3 Å². The first-order chi connectivity index (χ1) is 9.56. The zero-order valence-corrected chi connectivity index (χ0v) is 12.3. The van der Waals surface area contributed by atoms with Gasteiger partial charge in [-0.25, -0.2) is 9.78 Å². The molecule has 1 heterocycles. The predicted octanol–water partition coefficient (Wildman–Crippen LogP) is 4.61. The second-order valence-electron chi connectivity index (χ2n) is 4.10. The summed E-state index contributed by atoms with van der Waals surface area (Å²) >= 11 is 9.48. The number of hydrogen-bond donors (Lipinski definition) is 1. The molecule has 0 aliphatic rings. The largest absolute Gasteiger partial charge is 0.478 e. The number of aromatic nitrogens is 1. The Bertz CT molecular complexity index is 828. The second kappa shape index (κ2) is 4.92. The van der Waals surface area contributed by atoms with Gasteiger partial charge in [0.2, 0.25) is 5.89 Å². The predicted molar refractivity (Wildman–Crippen MR) is 79.1 cm³/mol. The number of fused-ring (bicyclic) bond motifs is 1. The van der Waals surface area contributed by atoms with E-state index in [4.69, 9.17) is 21.1 Å². The van der Waals surface area contributed by atoms with Crippen molar-refractivity contribution in [2.45, 2.75) is 0 Å². The Morgan fingerprint density at radius 1 is 1.30 bits per heavy atom. The highest BCUT2D eigenvalue weighted by Gasteiger charge is 2.17. The molecule has 1 aromatic heterocycles. The summed E-state index contributed by atoms with van der Waals surface area (Å²) in [4.78, 5) is 15.5. The van der Waals surface area contributed by atoms with Crippen molar-refractivity contribution in [1.29, 1.82) is 0 Å². The molecule has 0 fully saturated rings. The van der Waals surface area contributed by atoms with Gasteiger partial charge in [-0.05, 0) is 30.3 Å². The third-order valence-corrected chi connectivity index (χ3v) is 3.63. The standard InChI is InChI=1S/C14H7BrClNO3/c15-7-4-5-10(16)9(6-7)13-17-11-3-1-2-8(14(18)19)12(11)20-13/h1-6H,(H,18,19). The minimum atomic E-state index is -1.06. The molecule has 0 saturated carbocycles. The molecule has 3 aromatic rings. The lowest BCUT2D eigenvalue weighted by molar-refractivity contribution is 0.0698. The molecule has 2 aromatic carbocycles. The summed E-state index contributed by atoms with van der Waals surface area (Å²) in [7, 11) is 0. The first-order valence-corrected chi connectivity index (χ1v) is 6.81. The molecule has 6 heteroatoms. The van der Waals surface area contributed by atoms with Crippen molar-refractivity contribution in [1.82, 2.24) is 4.98 Å². The van der Waals surface area contributed by atoms with Crippen LogP contribution in [-0.4, -0.2) is 16.1 Å². The van der Waals surface area contributed by atoms with E-state index in [0.29, 0.717) is 22.0 Å². The summed E-state index contributed by atoms with van der Waals surface area (Å²) in [5, 5.41) is 9.62. The van der Waals surface area contributed by atoms with Gasteiger partial charge in [0, 0.05) is 4.47 Å². The van der Waals surface area contributed by atoms with Crippen LogP contribution in [0.1, 0.15) is 10.4 Å². The van der Waals surface area contributed by atoms with E-state index in [2.05, 4.69) is 20.9 Å². The van der Waals surface area contributed by atoms with Crippen LogP contribution >= 0.6 is 27.5 Å². The van der Waals surface area contributed by atoms with Crippen LogP contribution in [-0.2, 0) is 0 Å². The Kier molecular flexibility index (Phi) is 3.23. The number of carboxylic acids is 1. The highest BCUT2D eigenvalue weighted by atomic mass is 79.9. The SMILES string of the molecule is O=C(O)c1cccc2nc(-c3cc(Br)ccc3Cl)oc12. The number of aromatic carboxylic acids is 1. The van der Waals surface area contributed by atoms with Gasteiger partial charge < -0.3 is 9.52 Å². The molecule has 3 rings (SSSR count). The van der Waals surface area contributed by atoms with E-state index in [0.717, 1.165) is 4.47 Å². The van der Waals surface area contributed by atoms with Gasteiger partial charge in [0.25, 0.3) is 0 Å². The molecule has 20 heavy (non-hydrogen) atoms. The molecular formula is C14H7BrClNO3. The van der Waals surface area contributed by atoms with E-state index in [1.807, 2.05) is 0 Å². The number of oxazole rings is 1. The number of halogens is 2. The maximum absolute atomic E-state index is 11.2. The quantitative estimate of drug-likeness (QED) is 0.731. The van der Waals surface area contributed by atoms with Gasteiger partial charge in [0.15, 0.2) is 5.58 Å². The fourth-order valence-corrected chi connectivity index (χ4v) is 2.45. The Labute approximate surface area is 127 Å². The number of carbonyl (C=O) groups is 1. The summed E-state index contributed by atoms with van der Waals surface area (Å²) in [6, 6.07) is 10.1. The summed E-state index contributed by atoms with van der Waals surface area (Å²) in [5.41, 5.74) is 1.41. The third kappa shape index (κ3) is 2.19. The molecule has 100 valence electrons. The number of rotatable bonds is 2. The average Bonchev–Trinajstić information content (AvgIpc) is 2.84. The molecule has 0 unspecified atom stereocenters. The van der Waals surface area contributed by atoms with Crippen LogP contribution < -0.4 is 0 Å². The molecular weight excluding hydrogens is 346 g/mol. The number of carboxylic acid groups (broad SMARTS) is 1. The first kappa shape index (κ1) is 13.1. The molecule has 0 aliphatic heterocycles. The van der Waals surface area contributed by atoms with Crippen LogP contribution in [0.25, 0.3) is 22.6 Å². The fourth-order valence-electron chi connectivity index (χ4n) is 1.89. The molecule has 0 spiro atoms. The van der Waals surface area contributed by atoms with Crippen LogP contribution in [0.2, 0.25) is 5.02 Å². The van der Waals surface area contributed by atoms with Crippen LogP contribution in [0.3, 0.4) is 0 Å². The summed E-state index contributed by atoms with van der Waals surface area (Å²) < 4.78 is 6.42. The fraction of sp³-hybridized carbons (Fsp3) is 0. The van der Waals surface area contributed by atoms with E-state index in [1.165, 1.54) is 6.07 Å². The minimum absolute atomic E-state index is 0.0763. The van der Waals surface area contributed by atoms with Gasteiger partial charge in [-0.2, -0.15) is 0 Å². The molecule has 0 amide bonds. The maximum atomic E-state index is 11.2. The molecule has 0 radical (unpaired) electrons. The van der Waals surface area contributed by atoms with Crippen LogP contribution in [0.15, 0.2) is 45.3 Å². The number of benzene rings is 2. The smallest absolute Gasteiger partial charge is 0.339 e. The molecule has 0 saturated heterocycles. The molecule has 0 aliphatic carbocycles. The second-order valence-corrected chi connectivity index (χ2v) is 5.43. The summed E-state index contributed by atoms with van der Waals surface area (Å²) in [5.74, 6) is -0.765. The van der Waals surface area contributed by atoms with Gasteiger partial charge in [0.1, 0.15) is 11.1 Å². The Morgan fingerprint density at radius 3 is 2.85 bits per heavy atom. The highest BCUT2D eigenvalue weighted by molar-refractivity contribution is 9.10. The molecule has 0 atom stereocenters. The Balaban J connectivity index is 2.26. The van der Waals surface area contributed by atoms with E-state index in [9.17, 15) is 4.79 Å². The lowest BCUT2D eigenvalue weighted by Gasteiger charge is -1.99. The number of para-hydroxylation sites is 1.